The lowest BCUT2D eigenvalue weighted by molar-refractivity contribution is -0.666. The van der Waals surface area contributed by atoms with Crippen LogP contribution in [0, 0.1) is 27.3 Å². The lowest BCUT2D eigenvalue weighted by atomic mass is 9.83. The van der Waals surface area contributed by atoms with Gasteiger partial charge in [-0.25, -0.2) is 4.85 Å². The zero-order valence-corrected chi connectivity index (χ0v) is 18.1. The van der Waals surface area contributed by atoms with E-state index >= 15 is 0 Å². The maximum absolute atomic E-state index is 9.32. The van der Waals surface area contributed by atoms with Crippen molar-refractivity contribution in [2.24, 2.45) is 7.05 Å². The molecule has 3 heteroatoms. The minimum absolute atomic E-state index is 0.114. The molecule has 1 fully saturated rings. The van der Waals surface area contributed by atoms with E-state index in [0.717, 1.165) is 19.3 Å². The largest absolute Gasteiger partial charge is 0.456 e. The predicted molar refractivity (Wildman–Crippen MR) is 127 cm³/mol. The predicted octanol–water partition coefficient (Wildman–Crippen LogP) is 7.60. The summed E-state index contributed by atoms with van der Waals surface area (Å²) >= 11 is 0. The minimum Gasteiger partial charge on any atom is -0.456 e. The van der Waals surface area contributed by atoms with Crippen molar-refractivity contribution in [3.05, 3.63) is 70.2 Å². The van der Waals surface area contributed by atoms with Gasteiger partial charge in [0.15, 0.2) is 11.4 Å². The number of furan rings is 1. The van der Waals surface area contributed by atoms with Crippen molar-refractivity contribution in [3.8, 4) is 11.3 Å². The highest BCUT2D eigenvalue weighted by atomic mass is 16.3. The lowest BCUT2D eigenvalue weighted by Gasteiger charge is -2.22. The topological polar surface area (TPSA) is 21.4 Å². The number of benzene rings is 2. The molecule has 0 bridgehead atoms. The summed E-state index contributed by atoms with van der Waals surface area (Å²) < 4.78 is 60.2. The number of hydrogen-bond donors (Lipinski definition) is 0. The van der Waals surface area contributed by atoms with Crippen LogP contribution in [0.5, 0.6) is 0 Å². The van der Waals surface area contributed by atoms with Gasteiger partial charge in [0.05, 0.1) is 14.9 Å². The maximum Gasteiger partial charge on any atom is 0.216 e. The molecular weight excluding hydrogens is 380 g/mol. The van der Waals surface area contributed by atoms with Gasteiger partial charge in [0.25, 0.3) is 0 Å². The van der Waals surface area contributed by atoms with E-state index < -0.39 is 12.7 Å². The highest BCUT2D eigenvalue weighted by molar-refractivity contribution is 6.12. The van der Waals surface area contributed by atoms with Crippen LogP contribution in [0.3, 0.4) is 0 Å². The number of hydrogen-bond acceptors (Lipinski definition) is 1. The average molecular weight is 416 g/mol. The molecule has 0 atom stereocenters. The second-order valence-corrected chi connectivity index (χ2v) is 8.50. The fraction of sp³-hybridized carbons (Fsp3) is 0.357. The lowest BCUT2D eigenvalue weighted by Crippen LogP contribution is -2.35. The number of fused-ring (bicyclic) bond motifs is 3. The molecule has 1 saturated carbocycles. The first-order valence-electron chi connectivity index (χ1n) is 13.8. The average Bonchev–Trinajstić information content (AvgIpc) is 3.21. The summed E-state index contributed by atoms with van der Waals surface area (Å²) in [7, 11) is 1.80. The van der Waals surface area contributed by atoms with Crippen LogP contribution < -0.4 is 4.57 Å². The van der Waals surface area contributed by atoms with Crippen LogP contribution in [0.15, 0.2) is 40.8 Å². The monoisotopic (exact) mass is 415 g/mol. The van der Waals surface area contributed by atoms with Gasteiger partial charge in [-0.15, -0.1) is 0 Å². The van der Waals surface area contributed by atoms with E-state index in [1.807, 2.05) is 13.8 Å². The summed E-state index contributed by atoms with van der Waals surface area (Å²) in [4.78, 5) is 3.48. The van der Waals surface area contributed by atoms with E-state index in [2.05, 4.69) is 4.85 Å². The molecule has 0 N–H and O–H groups in total. The molecule has 31 heavy (non-hydrogen) atoms. The molecular formula is C28H29N2O+. The second-order valence-electron chi connectivity index (χ2n) is 8.50. The SMILES string of the molecule is [2H]c1c(C2([2H])CCCCC2)c([2H])c(-c2c(C)cc(C([2H])([2H])[2H])c3c2oc2cc([N+]#[C-])ccc23)[n+](C)c1C. The Hall–Kier alpha value is -3.12. The Balaban J connectivity index is 1.94. The van der Waals surface area contributed by atoms with Crippen molar-refractivity contribution in [2.75, 3.05) is 0 Å². The third-order valence-electron chi connectivity index (χ3n) is 6.49. The van der Waals surface area contributed by atoms with E-state index in [4.69, 9.17) is 16.5 Å². The number of nitrogens with zero attached hydrogens (tertiary/aromatic N) is 2. The molecule has 4 aromatic rings. The fourth-order valence-electron chi connectivity index (χ4n) is 4.73. The van der Waals surface area contributed by atoms with Crippen molar-refractivity contribution in [1.82, 2.24) is 0 Å². The van der Waals surface area contributed by atoms with Gasteiger partial charge in [0, 0.05) is 35.3 Å². The molecule has 0 spiro atoms. The molecule has 156 valence electrons. The van der Waals surface area contributed by atoms with Crippen LogP contribution in [0.4, 0.5) is 5.69 Å². The smallest absolute Gasteiger partial charge is 0.216 e. The summed E-state index contributed by atoms with van der Waals surface area (Å²) in [5.41, 5.74) is 4.09. The van der Waals surface area contributed by atoms with Crippen LogP contribution in [0.2, 0.25) is 0 Å². The second kappa shape index (κ2) is 7.54. The van der Waals surface area contributed by atoms with Crippen molar-refractivity contribution in [3.63, 3.8) is 0 Å². The van der Waals surface area contributed by atoms with Crippen molar-refractivity contribution in [2.45, 2.75) is 58.7 Å². The van der Waals surface area contributed by atoms with Crippen molar-refractivity contribution < 1.29 is 17.2 Å². The summed E-state index contributed by atoms with van der Waals surface area (Å²) in [5.74, 6) is -1.01. The Morgan fingerprint density at radius 3 is 2.71 bits per heavy atom. The Morgan fingerprint density at radius 1 is 1.16 bits per heavy atom. The third kappa shape index (κ3) is 3.22. The molecule has 0 saturated heterocycles. The van der Waals surface area contributed by atoms with Crippen molar-refractivity contribution in [1.29, 1.82) is 0 Å². The fourth-order valence-corrected chi connectivity index (χ4v) is 4.73. The van der Waals surface area contributed by atoms with Crippen LogP contribution in [-0.2, 0) is 7.05 Å². The van der Waals surface area contributed by atoms with E-state index in [0.29, 0.717) is 68.5 Å². The molecule has 2 aromatic carbocycles. The normalized spacial score (nSPS) is 19.2. The molecule has 1 aliphatic carbocycles. The van der Waals surface area contributed by atoms with E-state index in [1.54, 1.807) is 35.9 Å². The van der Waals surface area contributed by atoms with Gasteiger partial charge >= 0.3 is 0 Å². The molecule has 5 rings (SSSR count). The molecule has 0 amide bonds. The number of pyridine rings is 1. The van der Waals surface area contributed by atoms with E-state index in [1.165, 1.54) is 0 Å². The molecule has 2 heterocycles. The van der Waals surface area contributed by atoms with Gasteiger partial charge in [0.2, 0.25) is 5.69 Å². The van der Waals surface area contributed by atoms with Gasteiger partial charge in [0.1, 0.15) is 18.2 Å². The third-order valence-corrected chi connectivity index (χ3v) is 6.49. The number of rotatable bonds is 2. The Kier molecular flexibility index (Phi) is 3.41. The van der Waals surface area contributed by atoms with Gasteiger partial charge in [-0.3, -0.25) is 0 Å². The highest BCUT2D eigenvalue weighted by Gasteiger charge is 2.26. The first-order valence-corrected chi connectivity index (χ1v) is 10.8. The molecule has 0 unspecified atom stereocenters. The Labute approximate surface area is 192 Å². The van der Waals surface area contributed by atoms with Crippen molar-refractivity contribution >= 4 is 27.6 Å². The van der Waals surface area contributed by atoms with E-state index in [-0.39, 0.29) is 17.6 Å². The van der Waals surface area contributed by atoms with Gasteiger partial charge < -0.3 is 4.42 Å². The van der Waals surface area contributed by atoms with Crippen LogP contribution in [0.25, 0.3) is 38.0 Å². The quantitative estimate of drug-likeness (QED) is 0.244. The first-order chi connectivity index (χ1) is 17.4. The zero-order chi connectivity index (χ0) is 26.9. The molecule has 2 aromatic heterocycles. The van der Waals surface area contributed by atoms with Gasteiger partial charge in [-0.2, -0.15) is 4.57 Å². The summed E-state index contributed by atoms with van der Waals surface area (Å²) in [6.45, 7) is 8.61. The van der Waals surface area contributed by atoms with Crippen LogP contribution in [0.1, 0.15) is 68.6 Å². The zero-order valence-electron chi connectivity index (χ0n) is 24.1. The standard InChI is InChI=1S/C28H29N2O/c1-17-13-18(2)27(28-26(17)23-12-11-22(29-4)16-25(23)31-28)24-15-21(14-19(3)30(24)5)20-9-7-6-8-10-20/h11-16,20H,6-10H2,1-3,5H3/q+1/i1D3,14D,15D,20D. The van der Waals surface area contributed by atoms with Gasteiger partial charge in [-0.05, 0) is 55.3 Å². The highest BCUT2D eigenvalue weighted by Crippen LogP contribution is 2.41. The summed E-state index contributed by atoms with van der Waals surface area (Å²) in [5, 5.41) is 1.04. The van der Waals surface area contributed by atoms with Crippen LogP contribution >= 0.6 is 0 Å². The molecule has 3 nitrogen and oxygen atoms in total. The molecule has 1 aliphatic rings. The first kappa shape index (κ1) is 14.0. The molecule has 0 radical (unpaired) electrons. The summed E-state index contributed by atoms with van der Waals surface area (Å²) in [6, 6.07) is 6.94. The molecule has 0 aliphatic heterocycles. The maximum atomic E-state index is 9.32. The minimum atomic E-state index is -2.40. The number of aryl methyl sites for hydroxylation is 2. The summed E-state index contributed by atoms with van der Waals surface area (Å²) in [6.07, 6.45) is 4.04. The van der Waals surface area contributed by atoms with Crippen LogP contribution in [-0.4, -0.2) is 0 Å². The number of aromatic nitrogens is 1. The Morgan fingerprint density at radius 2 is 1.97 bits per heavy atom. The Bertz CT molecular complexity index is 1620. The van der Waals surface area contributed by atoms with E-state index in [9.17, 15) is 2.74 Å². The van der Waals surface area contributed by atoms with Gasteiger partial charge in [-0.1, -0.05) is 37.5 Å².